The van der Waals surface area contributed by atoms with E-state index in [0.29, 0.717) is 12.5 Å². The Hall–Kier alpha value is -2.24. The summed E-state index contributed by atoms with van der Waals surface area (Å²) in [6.45, 7) is 0.809. The molecule has 2 saturated heterocycles. The normalized spacial score (nSPS) is 25.9. The van der Waals surface area contributed by atoms with E-state index in [1.54, 1.807) is 4.90 Å². The van der Waals surface area contributed by atoms with E-state index in [-0.39, 0.29) is 18.7 Å². The Labute approximate surface area is 135 Å². The van der Waals surface area contributed by atoms with Gasteiger partial charge in [-0.2, -0.15) is 0 Å². The summed E-state index contributed by atoms with van der Waals surface area (Å²) in [5.41, 5.74) is 0.954. The van der Waals surface area contributed by atoms with Crippen molar-refractivity contribution in [2.24, 2.45) is 5.92 Å². The maximum atomic E-state index is 11.8. The van der Waals surface area contributed by atoms with Crippen LogP contribution in [0.3, 0.4) is 0 Å². The van der Waals surface area contributed by atoms with Crippen LogP contribution in [-0.2, 0) is 11.3 Å². The number of ether oxygens (including phenoxy) is 1. The molecule has 0 radical (unpaired) electrons. The van der Waals surface area contributed by atoms with E-state index in [0.717, 1.165) is 31.2 Å². The van der Waals surface area contributed by atoms with Crippen molar-refractivity contribution in [1.82, 2.24) is 10.2 Å². The lowest BCUT2D eigenvalue weighted by Gasteiger charge is -2.37. The number of amides is 2. The third kappa shape index (κ3) is 3.75. The van der Waals surface area contributed by atoms with Crippen LogP contribution in [0, 0.1) is 5.92 Å². The zero-order chi connectivity index (χ0) is 16.2. The number of fused-ring (bicyclic) bond motifs is 2. The molecule has 0 spiro atoms. The smallest absolute Gasteiger partial charge is 0.407 e. The second-order valence-electron chi connectivity index (χ2n) is 6.35. The van der Waals surface area contributed by atoms with Crippen molar-refractivity contribution in [2.75, 3.05) is 6.54 Å². The summed E-state index contributed by atoms with van der Waals surface area (Å²) in [4.78, 5) is 24.6. The zero-order valence-corrected chi connectivity index (χ0v) is 13.0. The molecule has 2 heterocycles. The predicted molar refractivity (Wildman–Crippen MR) is 84.0 cm³/mol. The largest absolute Gasteiger partial charge is 0.465 e. The average molecular weight is 318 g/mol. The quantitative estimate of drug-likeness (QED) is 0.895. The van der Waals surface area contributed by atoms with Crippen LogP contribution in [0.5, 0.6) is 0 Å². The Morgan fingerprint density at radius 3 is 2.43 bits per heavy atom. The molecule has 6 nitrogen and oxygen atoms in total. The SMILES string of the molecule is O=C(NCC1C[C@H]2CC[C@@H](C1)N2C(=O)O)OCc1ccccc1. The Morgan fingerprint density at radius 1 is 1.17 bits per heavy atom. The predicted octanol–water partition coefficient (Wildman–Crippen LogP) is 2.83. The number of hydrogen-bond donors (Lipinski definition) is 2. The number of nitrogens with one attached hydrogen (secondary N) is 1. The van der Waals surface area contributed by atoms with Crippen LogP contribution in [0.2, 0.25) is 0 Å². The maximum Gasteiger partial charge on any atom is 0.407 e. The molecule has 2 aliphatic rings. The molecule has 1 aromatic rings. The van der Waals surface area contributed by atoms with Gasteiger partial charge in [0.15, 0.2) is 0 Å². The van der Waals surface area contributed by atoms with Crippen molar-refractivity contribution >= 4 is 12.2 Å². The van der Waals surface area contributed by atoms with E-state index in [2.05, 4.69) is 5.32 Å². The first-order valence-electron chi connectivity index (χ1n) is 8.09. The van der Waals surface area contributed by atoms with Crippen molar-refractivity contribution in [3.05, 3.63) is 35.9 Å². The number of alkyl carbamates (subject to hydrolysis) is 1. The van der Waals surface area contributed by atoms with Gasteiger partial charge in [-0.15, -0.1) is 0 Å². The van der Waals surface area contributed by atoms with Gasteiger partial charge in [0.05, 0.1) is 0 Å². The number of piperidine rings is 1. The fourth-order valence-electron chi connectivity index (χ4n) is 3.77. The topological polar surface area (TPSA) is 78.9 Å². The third-order valence-electron chi connectivity index (χ3n) is 4.80. The van der Waals surface area contributed by atoms with Crippen LogP contribution in [0.15, 0.2) is 30.3 Å². The number of carboxylic acid groups (broad SMARTS) is 1. The van der Waals surface area contributed by atoms with Crippen LogP contribution in [0.1, 0.15) is 31.2 Å². The Morgan fingerprint density at radius 2 is 1.83 bits per heavy atom. The molecule has 1 unspecified atom stereocenters. The number of nitrogens with zero attached hydrogens (tertiary/aromatic N) is 1. The van der Waals surface area contributed by atoms with E-state index >= 15 is 0 Å². The standard InChI is InChI=1S/C17H22N2O4/c20-16(23-11-12-4-2-1-3-5-12)18-10-13-8-14-6-7-15(9-13)19(14)17(21)22/h1-5,13-15H,6-11H2,(H,18,20)(H,21,22)/t13?,14-,15+. The van der Waals surface area contributed by atoms with Gasteiger partial charge in [-0.05, 0) is 37.2 Å². The summed E-state index contributed by atoms with van der Waals surface area (Å²) < 4.78 is 5.19. The molecular formula is C17H22N2O4. The van der Waals surface area contributed by atoms with Gasteiger partial charge in [-0.3, -0.25) is 0 Å². The molecule has 6 heteroatoms. The van der Waals surface area contributed by atoms with E-state index < -0.39 is 12.2 Å². The van der Waals surface area contributed by atoms with Crippen molar-refractivity contribution in [3.63, 3.8) is 0 Å². The molecular weight excluding hydrogens is 296 g/mol. The summed E-state index contributed by atoms with van der Waals surface area (Å²) in [5.74, 6) is 0.326. The van der Waals surface area contributed by atoms with Crippen LogP contribution in [-0.4, -0.2) is 40.8 Å². The van der Waals surface area contributed by atoms with Gasteiger partial charge in [-0.25, -0.2) is 9.59 Å². The molecule has 23 heavy (non-hydrogen) atoms. The molecule has 2 aliphatic heterocycles. The minimum atomic E-state index is -0.814. The number of carbonyl (C=O) groups excluding carboxylic acids is 1. The van der Waals surface area contributed by atoms with Gasteiger partial charge in [0.1, 0.15) is 6.61 Å². The van der Waals surface area contributed by atoms with Crippen LogP contribution in [0.4, 0.5) is 9.59 Å². The van der Waals surface area contributed by atoms with Gasteiger partial charge >= 0.3 is 12.2 Å². The lowest BCUT2D eigenvalue weighted by molar-refractivity contribution is 0.0828. The zero-order valence-electron chi connectivity index (χ0n) is 13.0. The lowest BCUT2D eigenvalue weighted by atomic mass is 9.91. The molecule has 124 valence electrons. The van der Waals surface area contributed by atoms with E-state index in [4.69, 9.17) is 4.74 Å². The van der Waals surface area contributed by atoms with Crippen molar-refractivity contribution in [2.45, 2.75) is 44.4 Å². The Kier molecular flexibility index (Phi) is 4.69. The fraction of sp³-hybridized carbons (Fsp3) is 0.529. The number of benzene rings is 1. The highest BCUT2D eigenvalue weighted by Crippen LogP contribution is 2.38. The minimum Gasteiger partial charge on any atom is -0.465 e. The van der Waals surface area contributed by atoms with E-state index in [1.807, 2.05) is 30.3 Å². The van der Waals surface area contributed by atoms with Gasteiger partial charge < -0.3 is 20.1 Å². The monoisotopic (exact) mass is 318 g/mol. The highest BCUT2D eigenvalue weighted by Gasteiger charge is 2.43. The summed E-state index contributed by atoms with van der Waals surface area (Å²) >= 11 is 0. The third-order valence-corrected chi connectivity index (χ3v) is 4.80. The first kappa shape index (κ1) is 15.6. The first-order valence-corrected chi connectivity index (χ1v) is 8.09. The summed E-state index contributed by atoms with van der Waals surface area (Å²) in [6, 6.07) is 9.77. The van der Waals surface area contributed by atoms with Gasteiger partial charge in [0.2, 0.25) is 0 Å². The van der Waals surface area contributed by atoms with E-state index in [9.17, 15) is 14.7 Å². The number of rotatable bonds is 4. The number of carbonyl (C=O) groups is 2. The van der Waals surface area contributed by atoms with Crippen molar-refractivity contribution in [1.29, 1.82) is 0 Å². The second-order valence-corrected chi connectivity index (χ2v) is 6.35. The first-order chi connectivity index (χ1) is 11.1. The minimum absolute atomic E-state index is 0.110. The average Bonchev–Trinajstić information content (AvgIpc) is 2.83. The van der Waals surface area contributed by atoms with Crippen molar-refractivity contribution in [3.8, 4) is 0 Å². The second kappa shape index (κ2) is 6.89. The molecule has 2 amide bonds. The van der Waals surface area contributed by atoms with Gasteiger partial charge in [0.25, 0.3) is 0 Å². The molecule has 0 saturated carbocycles. The molecule has 3 atom stereocenters. The number of hydrogen-bond acceptors (Lipinski definition) is 3. The Bertz CT molecular complexity index is 549. The van der Waals surface area contributed by atoms with E-state index in [1.165, 1.54) is 0 Å². The van der Waals surface area contributed by atoms with Crippen LogP contribution < -0.4 is 5.32 Å². The molecule has 3 rings (SSSR count). The van der Waals surface area contributed by atoms with Crippen LogP contribution in [0.25, 0.3) is 0 Å². The summed E-state index contributed by atoms with van der Waals surface area (Å²) in [5, 5.41) is 12.0. The summed E-state index contributed by atoms with van der Waals surface area (Å²) in [6.07, 6.45) is 2.29. The van der Waals surface area contributed by atoms with Crippen molar-refractivity contribution < 1.29 is 19.4 Å². The highest BCUT2D eigenvalue weighted by atomic mass is 16.5. The molecule has 1 aromatic carbocycles. The Balaban J connectivity index is 1.41. The molecule has 0 aromatic heterocycles. The summed E-state index contributed by atoms with van der Waals surface area (Å²) in [7, 11) is 0. The van der Waals surface area contributed by atoms with Crippen LogP contribution >= 0.6 is 0 Å². The maximum absolute atomic E-state index is 11.8. The molecule has 2 bridgehead atoms. The fourth-order valence-corrected chi connectivity index (χ4v) is 3.77. The molecule has 0 aliphatic carbocycles. The molecule has 2 fully saturated rings. The van der Waals surface area contributed by atoms with Gasteiger partial charge in [-0.1, -0.05) is 30.3 Å². The lowest BCUT2D eigenvalue weighted by Crippen LogP contribution is -2.47. The highest BCUT2D eigenvalue weighted by molar-refractivity contribution is 5.67. The van der Waals surface area contributed by atoms with Gasteiger partial charge in [0, 0.05) is 18.6 Å². The molecule has 2 N–H and O–H groups in total.